The molecule has 3 nitrogen and oxygen atoms in total. The molecule has 0 saturated carbocycles. The third kappa shape index (κ3) is 4.27. The molecule has 0 aliphatic carbocycles. The Morgan fingerprint density at radius 1 is 1.38 bits per heavy atom. The van der Waals surface area contributed by atoms with Crippen molar-refractivity contribution in [2.24, 2.45) is 11.1 Å². The quantitative estimate of drug-likeness (QED) is 0.669. The second-order valence-electron chi connectivity index (χ2n) is 5.40. The van der Waals surface area contributed by atoms with Crippen LogP contribution < -0.4 is 11.1 Å². The van der Waals surface area contributed by atoms with E-state index in [1.807, 2.05) is 11.4 Å². The summed E-state index contributed by atoms with van der Waals surface area (Å²) in [6.45, 7) is 6.20. The molecule has 21 heavy (non-hydrogen) atoms. The first-order valence-electron chi connectivity index (χ1n) is 7.66. The molecule has 0 aliphatic rings. The highest BCUT2D eigenvalue weighted by atomic mass is 32.1. The molecule has 3 N–H and O–H groups in total. The molecule has 118 valence electrons. The molecular weight excluding hydrogens is 300 g/mol. The number of thiophene rings is 1. The fraction of sp³-hybridized carbons (Fsp3) is 0.625. The van der Waals surface area contributed by atoms with E-state index in [0.717, 1.165) is 19.3 Å². The summed E-state index contributed by atoms with van der Waals surface area (Å²) >= 11 is 6.91. The number of hydrogen-bond donors (Lipinski definition) is 2. The molecule has 0 saturated heterocycles. The SMILES string of the molecule is CCCC(CCC)(C(=O)NC(CC)c1cccs1)C(N)=S. The van der Waals surface area contributed by atoms with Crippen LogP contribution >= 0.6 is 23.6 Å². The van der Waals surface area contributed by atoms with Gasteiger partial charge in [-0.15, -0.1) is 11.3 Å². The Labute approximate surface area is 137 Å². The van der Waals surface area contributed by atoms with E-state index in [1.165, 1.54) is 4.88 Å². The minimum absolute atomic E-state index is 0.0149. The average Bonchev–Trinajstić information content (AvgIpc) is 2.97. The van der Waals surface area contributed by atoms with Crippen LogP contribution in [-0.4, -0.2) is 10.9 Å². The van der Waals surface area contributed by atoms with Gasteiger partial charge in [0.05, 0.1) is 16.4 Å². The van der Waals surface area contributed by atoms with Crippen molar-refractivity contribution >= 4 is 34.5 Å². The molecule has 0 bridgehead atoms. The van der Waals surface area contributed by atoms with Crippen molar-refractivity contribution in [2.45, 2.75) is 58.9 Å². The van der Waals surface area contributed by atoms with Crippen molar-refractivity contribution in [1.82, 2.24) is 5.32 Å². The van der Waals surface area contributed by atoms with E-state index in [9.17, 15) is 4.79 Å². The van der Waals surface area contributed by atoms with Gasteiger partial charge in [0, 0.05) is 4.88 Å². The van der Waals surface area contributed by atoms with Crippen molar-refractivity contribution in [3.63, 3.8) is 0 Å². The van der Waals surface area contributed by atoms with Gasteiger partial charge >= 0.3 is 0 Å². The molecule has 1 heterocycles. The highest BCUT2D eigenvalue weighted by Crippen LogP contribution is 2.33. The lowest BCUT2D eigenvalue weighted by molar-refractivity contribution is -0.129. The van der Waals surface area contributed by atoms with E-state index in [2.05, 4.69) is 32.2 Å². The van der Waals surface area contributed by atoms with Crippen molar-refractivity contribution in [3.05, 3.63) is 22.4 Å². The Bertz CT molecular complexity index is 451. The van der Waals surface area contributed by atoms with Crippen LogP contribution in [0, 0.1) is 5.41 Å². The van der Waals surface area contributed by atoms with Gasteiger partial charge in [0.2, 0.25) is 5.91 Å². The zero-order valence-corrected chi connectivity index (χ0v) is 14.8. The van der Waals surface area contributed by atoms with Crippen molar-refractivity contribution in [2.75, 3.05) is 0 Å². The zero-order chi connectivity index (χ0) is 15.9. The van der Waals surface area contributed by atoms with Crippen LogP contribution in [0.4, 0.5) is 0 Å². The standard InChI is InChI=1S/C16H26N2OS2/c1-4-9-16(10-5-2,14(17)20)15(19)18-12(6-3)13-8-7-11-21-13/h7-8,11-12H,4-6,9-10H2,1-3H3,(H2,17,20)(H,18,19). The summed E-state index contributed by atoms with van der Waals surface area (Å²) in [6, 6.07) is 4.11. The number of amides is 1. The maximum Gasteiger partial charge on any atom is 0.233 e. The maximum absolute atomic E-state index is 12.9. The van der Waals surface area contributed by atoms with Crippen molar-refractivity contribution in [1.29, 1.82) is 0 Å². The smallest absolute Gasteiger partial charge is 0.233 e. The number of hydrogen-bond acceptors (Lipinski definition) is 3. The van der Waals surface area contributed by atoms with E-state index < -0.39 is 5.41 Å². The van der Waals surface area contributed by atoms with Gasteiger partial charge in [-0.25, -0.2) is 0 Å². The summed E-state index contributed by atoms with van der Waals surface area (Å²) in [4.78, 5) is 14.4. The van der Waals surface area contributed by atoms with E-state index in [0.29, 0.717) is 17.8 Å². The highest BCUT2D eigenvalue weighted by molar-refractivity contribution is 7.80. The van der Waals surface area contributed by atoms with E-state index in [4.69, 9.17) is 18.0 Å². The molecule has 1 aromatic heterocycles. The van der Waals surface area contributed by atoms with Gasteiger partial charge in [0.25, 0.3) is 0 Å². The average molecular weight is 327 g/mol. The van der Waals surface area contributed by atoms with Gasteiger partial charge in [-0.05, 0) is 30.7 Å². The summed E-state index contributed by atoms with van der Waals surface area (Å²) < 4.78 is 0. The summed E-state index contributed by atoms with van der Waals surface area (Å²) in [7, 11) is 0. The summed E-state index contributed by atoms with van der Waals surface area (Å²) in [5.41, 5.74) is 5.25. The third-order valence-electron chi connectivity index (χ3n) is 3.86. The van der Waals surface area contributed by atoms with Crippen LogP contribution in [0.5, 0.6) is 0 Å². The summed E-state index contributed by atoms with van der Waals surface area (Å²) in [5.74, 6) is -0.0149. The topological polar surface area (TPSA) is 55.1 Å². The monoisotopic (exact) mass is 326 g/mol. The van der Waals surface area contributed by atoms with Gasteiger partial charge in [0.1, 0.15) is 0 Å². The number of thiocarbonyl (C=S) groups is 1. The van der Waals surface area contributed by atoms with Gasteiger partial charge in [-0.1, -0.05) is 51.9 Å². The van der Waals surface area contributed by atoms with Crippen LogP contribution in [-0.2, 0) is 4.79 Å². The second-order valence-corrected chi connectivity index (χ2v) is 6.82. The largest absolute Gasteiger partial charge is 0.392 e. The van der Waals surface area contributed by atoms with Crippen molar-refractivity contribution in [3.8, 4) is 0 Å². The van der Waals surface area contributed by atoms with Gasteiger partial charge in [-0.2, -0.15) is 0 Å². The molecule has 0 fully saturated rings. The third-order valence-corrected chi connectivity index (χ3v) is 5.24. The van der Waals surface area contributed by atoms with Crippen LogP contribution in [0.1, 0.15) is 63.8 Å². The number of carbonyl (C=O) groups excluding carboxylic acids is 1. The molecular formula is C16H26N2OS2. The van der Waals surface area contributed by atoms with Crippen LogP contribution in [0.15, 0.2) is 17.5 Å². The van der Waals surface area contributed by atoms with Gasteiger partial charge < -0.3 is 11.1 Å². The first kappa shape index (κ1) is 18.1. The number of nitrogens with two attached hydrogens (primary N) is 1. The molecule has 0 aliphatic heterocycles. The minimum atomic E-state index is -0.705. The Balaban J connectivity index is 2.96. The Morgan fingerprint density at radius 3 is 2.38 bits per heavy atom. The fourth-order valence-corrected chi connectivity index (χ4v) is 3.88. The Hall–Kier alpha value is -0.940. The molecule has 1 atom stereocenters. The van der Waals surface area contributed by atoms with Crippen LogP contribution in [0.2, 0.25) is 0 Å². The second kappa shape index (κ2) is 8.49. The maximum atomic E-state index is 12.9. The number of carbonyl (C=O) groups is 1. The minimum Gasteiger partial charge on any atom is -0.392 e. The summed E-state index contributed by atoms with van der Waals surface area (Å²) in [6.07, 6.45) is 4.06. The Kier molecular flexibility index (Phi) is 7.32. The normalized spacial score (nSPS) is 12.9. The molecule has 0 radical (unpaired) electrons. The zero-order valence-electron chi connectivity index (χ0n) is 13.1. The van der Waals surface area contributed by atoms with E-state index >= 15 is 0 Å². The Morgan fingerprint density at radius 2 is 2.00 bits per heavy atom. The lowest BCUT2D eigenvalue weighted by Crippen LogP contribution is -2.49. The molecule has 5 heteroatoms. The molecule has 0 aromatic carbocycles. The fourth-order valence-electron chi connectivity index (χ4n) is 2.72. The highest BCUT2D eigenvalue weighted by Gasteiger charge is 2.40. The predicted octanol–water partition coefficient (Wildman–Crippen LogP) is 4.19. The molecule has 1 unspecified atom stereocenters. The van der Waals surface area contributed by atoms with Crippen molar-refractivity contribution < 1.29 is 4.79 Å². The number of rotatable bonds is 9. The first-order valence-corrected chi connectivity index (χ1v) is 8.94. The van der Waals surface area contributed by atoms with Gasteiger partial charge in [-0.3, -0.25) is 4.79 Å². The first-order chi connectivity index (χ1) is 10.0. The molecule has 1 aromatic rings. The number of nitrogens with one attached hydrogen (secondary N) is 1. The van der Waals surface area contributed by atoms with E-state index in [-0.39, 0.29) is 11.9 Å². The summed E-state index contributed by atoms with van der Waals surface area (Å²) in [5, 5.41) is 5.20. The van der Waals surface area contributed by atoms with Crippen LogP contribution in [0.25, 0.3) is 0 Å². The lowest BCUT2D eigenvalue weighted by atomic mass is 9.78. The lowest BCUT2D eigenvalue weighted by Gasteiger charge is -2.32. The molecule has 1 rings (SSSR count). The molecule has 1 amide bonds. The van der Waals surface area contributed by atoms with E-state index in [1.54, 1.807) is 11.3 Å². The van der Waals surface area contributed by atoms with Gasteiger partial charge in [0.15, 0.2) is 0 Å². The van der Waals surface area contributed by atoms with Crippen LogP contribution in [0.3, 0.4) is 0 Å². The predicted molar refractivity (Wildman–Crippen MR) is 94.5 cm³/mol. The molecule has 0 spiro atoms.